The van der Waals surface area contributed by atoms with Crippen LogP contribution in [0.25, 0.3) is 0 Å². The third-order valence-electron chi connectivity index (χ3n) is 7.56. The van der Waals surface area contributed by atoms with Gasteiger partial charge in [-0.05, 0) is 66.8 Å². The molecule has 1 aliphatic rings. The molecule has 5 N–H and O–H groups in total. The number of aromatic nitrogens is 5. The number of benzene rings is 2. The SMILES string of the molecule is COC(=O)[C@H](CCNC(=O)C(=O)Cc1cn[nH]c1)NC(=O)c1ccc(Nc2nc(NC3(c4ccc(Cl)cc4)CC3)nc(OCC(F)(F)F)n2)cc1. The van der Waals surface area contributed by atoms with Crippen LogP contribution in [-0.4, -0.2) is 81.2 Å². The maximum Gasteiger partial charge on any atom is 0.422 e. The Morgan fingerprint density at radius 2 is 1.71 bits per heavy atom. The number of hydrogen-bond donors (Lipinski definition) is 5. The second-order valence-electron chi connectivity index (χ2n) is 11.4. The van der Waals surface area contributed by atoms with Gasteiger partial charge < -0.3 is 30.7 Å². The van der Waals surface area contributed by atoms with Gasteiger partial charge in [0.15, 0.2) is 6.61 Å². The van der Waals surface area contributed by atoms with Crippen molar-refractivity contribution in [1.29, 1.82) is 0 Å². The molecular formula is C32H31ClF3N9O6. The number of amides is 2. The molecule has 1 saturated carbocycles. The molecule has 0 unspecified atom stereocenters. The number of aromatic amines is 1. The number of ketones is 1. The van der Waals surface area contributed by atoms with Crippen molar-refractivity contribution < 1.29 is 41.8 Å². The topological polar surface area (TPSA) is 202 Å². The van der Waals surface area contributed by atoms with Gasteiger partial charge in [0, 0.05) is 35.4 Å². The maximum atomic E-state index is 13.0. The second-order valence-corrected chi connectivity index (χ2v) is 11.8. The van der Waals surface area contributed by atoms with Crippen LogP contribution in [0.15, 0.2) is 60.9 Å². The first-order valence-corrected chi connectivity index (χ1v) is 15.7. The van der Waals surface area contributed by atoms with Gasteiger partial charge in [0.25, 0.3) is 11.8 Å². The summed E-state index contributed by atoms with van der Waals surface area (Å²) in [6.07, 6.45) is -0.542. The van der Waals surface area contributed by atoms with E-state index in [2.05, 4.69) is 46.4 Å². The minimum Gasteiger partial charge on any atom is -0.467 e. The zero-order valence-corrected chi connectivity index (χ0v) is 27.6. The van der Waals surface area contributed by atoms with Crippen molar-refractivity contribution in [2.75, 3.05) is 30.9 Å². The van der Waals surface area contributed by atoms with E-state index in [-0.39, 0.29) is 36.8 Å². The molecule has 1 atom stereocenters. The van der Waals surface area contributed by atoms with E-state index < -0.39 is 53.9 Å². The number of alkyl halides is 3. The van der Waals surface area contributed by atoms with Gasteiger partial charge in [0.05, 0.1) is 18.8 Å². The first kappa shape index (κ1) is 36.5. The van der Waals surface area contributed by atoms with Crippen LogP contribution in [0.2, 0.25) is 5.02 Å². The first-order chi connectivity index (χ1) is 24.3. The fraction of sp³-hybridized carbons (Fsp3) is 0.312. The monoisotopic (exact) mass is 729 g/mol. The van der Waals surface area contributed by atoms with E-state index in [4.69, 9.17) is 21.1 Å². The molecule has 2 aromatic heterocycles. The molecule has 0 saturated heterocycles. The van der Waals surface area contributed by atoms with Gasteiger partial charge in [0.2, 0.25) is 17.7 Å². The number of rotatable bonds is 16. The van der Waals surface area contributed by atoms with Gasteiger partial charge in [-0.2, -0.15) is 33.2 Å². The van der Waals surface area contributed by atoms with E-state index >= 15 is 0 Å². The molecular weight excluding hydrogens is 699 g/mol. The summed E-state index contributed by atoms with van der Waals surface area (Å²) in [6, 6.07) is 11.2. The first-order valence-electron chi connectivity index (χ1n) is 15.4. The lowest BCUT2D eigenvalue weighted by Crippen LogP contribution is -2.44. The smallest absolute Gasteiger partial charge is 0.422 e. The van der Waals surface area contributed by atoms with Crippen LogP contribution >= 0.6 is 11.6 Å². The summed E-state index contributed by atoms with van der Waals surface area (Å²) in [7, 11) is 1.14. The number of halogens is 4. The lowest BCUT2D eigenvalue weighted by atomic mass is 10.1. The number of carbonyl (C=O) groups is 4. The van der Waals surface area contributed by atoms with E-state index in [1.54, 1.807) is 12.1 Å². The van der Waals surface area contributed by atoms with Crippen LogP contribution in [0.1, 0.15) is 40.7 Å². The van der Waals surface area contributed by atoms with Crippen molar-refractivity contribution in [1.82, 2.24) is 35.8 Å². The molecule has 1 aliphatic carbocycles. The molecule has 51 heavy (non-hydrogen) atoms. The Bertz CT molecular complexity index is 1860. The molecule has 0 radical (unpaired) electrons. The van der Waals surface area contributed by atoms with Gasteiger partial charge in [0.1, 0.15) is 6.04 Å². The van der Waals surface area contributed by atoms with E-state index in [1.807, 2.05) is 12.1 Å². The third kappa shape index (κ3) is 10.4. The van der Waals surface area contributed by atoms with Crippen molar-refractivity contribution in [3.63, 3.8) is 0 Å². The van der Waals surface area contributed by atoms with Crippen molar-refractivity contribution >= 4 is 52.8 Å². The summed E-state index contributed by atoms with van der Waals surface area (Å²) in [5.74, 6) is -3.14. The Balaban J connectivity index is 1.22. The maximum absolute atomic E-state index is 13.0. The molecule has 0 aliphatic heterocycles. The van der Waals surface area contributed by atoms with Gasteiger partial charge in [-0.3, -0.25) is 19.5 Å². The Hall–Kier alpha value is -5.78. The van der Waals surface area contributed by atoms with Crippen molar-refractivity contribution in [3.05, 3.63) is 82.6 Å². The summed E-state index contributed by atoms with van der Waals surface area (Å²) in [4.78, 5) is 62.0. The number of carbonyl (C=O) groups excluding carboxylic acids is 4. The number of nitrogens with zero attached hydrogens (tertiary/aromatic N) is 4. The number of anilines is 3. The molecule has 19 heteroatoms. The quantitative estimate of drug-likeness (QED) is 0.0830. The number of methoxy groups -OCH3 is 1. The Labute approximate surface area is 293 Å². The molecule has 2 heterocycles. The molecule has 2 aromatic carbocycles. The van der Waals surface area contributed by atoms with E-state index in [1.165, 1.54) is 36.7 Å². The minimum atomic E-state index is -4.63. The zero-order chi connectivity index (χ0) is 36.6. The molecule has 268 valence electrons. The number of Topliss-reactive ketones (excluding diaryl/α,β-unsaturated/α-hetero) is 1. The molecule has 5 rings (SSSR count). The summed E-state index contributed by atoms with van der Waals surface area (Å²) in [6.45, 7) is -1.73. The average molecular weight is 730 g/mol. The van der Waals surface area contributed by atoms with E-state index in [0.717, 1.165) is 12.7 Å². The fourth-order valence-corrected chi connectivity index (χ4v) is 4.93. The Kier molecular flexibility index (Phi) is 11.3. The molecule has 0 bridgehead atoms. The normalized spacial score (nSPS) is 13.7. The van der Waals surface area contributed by atoms with Crippen LogP contribution in [-0.2, 0) is 31.1 Å². The van der Waals surface area contributed by atoms with Gasteiger partial charge in [-0.1, -0.05) is 23.7 Å². The highest BCUT2D eigenvalue weighted by atomic mass is 35.5. The Morgan fingerprint density at radius 3 is 2.33 bits per heavy atom. The third-order valence-corrected chi connectivity index (χ3v) is 7.82. The number of hydrogen-bond acceptors (Lipinski definition) is 12. The number of H-pyrrole nitrogens is 1. The lowest BCUT2D eigenvalue weighted by Gasteiger charge is -2.19. The molecule has 1 fully saturated rings. The highest BCUT2D eigenvalue weighted by Gasteiger charge is 2.45. The summed E-state index contributed by atoms with van der Waals surface area (Å²) < 4.78 is 48.4. The van der Waals surface area contributed by atoms with Crippen LogP contribution in [0.5, 0.6) is 6.01 Å². The highest BCUT2D eigenvalue weighted by molar-refractivity contribution is 6.36. The van der Waals surface area contributed by atoms with E-state index in [9.17, 15) is 32.3 Å². The van der Waals surface area contributed by atoms with Gasteiger partial charge in [-0.15, -0.1) is 0 Å². The van der Waals surface area contributed by atoms with Gasteiger partial charge >= 0.3 is 18.2 Å². The summed E-state index contributed by atoms with van der Waals surface area (Å²) >= 11 is 6.02. The predicted molar refractivity (Wildman–Crippen MR) is 175 cm³/mol. The van der Waals surface area contributed by atoms with Crippen molar-refractivity contribution in [2.45, 2.75) is 43.4 Å². The number of esters is 1. The second kappa shape index (κ2) is 15.8. The Morgan fingerprint density at radius 1 is 1.00 bits per heavy atom. The highest BCUT2D eigenvalue weighted by Crippen LogP contribution is 2.48. The number of nitrogens with one attached hydrogen (secondary N) is 5. The van der Waals surface area contributed by atoms with E-state index in [0.29, 0.717) is 29.1 Å². The summed E-state index contributed by atoms with van der Waals surface area (Å²) in [5.41, 5.74) is 1.37. The predicted octanol–water partition coefficient (Wildman–Crippen LogP) is 3.62. The van der Waals surface area contributed by atoms with Crippen molar-refractivity contribution in [3.8, 4) is 6.01 Å². The molecule has 15 nitrogen and oxygen atoms in total. The lowest BCUT2D eigenvalue weighted by molar-refractivity contribution is -0.154. The van der Waals surface area contributed by atoms with Crippen LogP contribution in [0.3, 0.4) is 0 Å². The zero-order valence-electron chi connectivity index (χ0n) is 26.8. The summed E-state index contributed by atoms with van der Waals surface area (Å²) in [5, 5.41) is 17.8. The van der Waals surface area contributed by atoms with Crippen LogP contribution < -0.4 is 26.0 Å². The molecule has 4 aromatic rings. The molecule has 2 amide bonds. The average Bonchev–Trinajstić information content (AvgIpc) is 3.69. The number of ether oxygens (including phenoxy) is 2. The van der Waals surface area contributed by atoms with Crippen LogP contribution in [0.4, 0.5) is 30.8 Å². The van der Waals surface area contributed by atoms with Gasteiger partial charge in [-0.25, -0.2) is 4.79 Å². The van der Waals surface area contributed by atoms with Crippen molar-refractivity contribution in [2.24, 2.45) is 0 Å². The molecule has 0 spiro atoms. The van der Waals surface area contributed by atoms with Crippen LogP contribution in [0, 0.1) is 0 Å². The standard InChI is InChI=1S/C32H31ClF3N9O6/c1-50-27(49)23(10-13-37-26(48)24(46)14-18-15-38-39-16-18)41-25(47)19-2-8-22(9-3-19)40-28-42-29(44-30(43-28)51-17-32(34,35)36)45-31(11-12-31)20-4-6-21(33)7-5-20/h2-9,15-16,23H,10-14,17H2,1H3,(H,37,48)(H,38,39)(H,41,47)(H2,40,42,43,44,45)/t23-/m0/s1. The largest absolute Gasteiger partial charge is 0.467 e. The minimum absolute atomic E-state index is 0.0273. The fourth-order valence-electron chi connectivity index (χ4n) is 4.81.